The van der Waals surface area contributed by atoms with E-state index in [9.17, 15) is 0 Å². The monoisotopic (exact) mass is 233 g/mol. The van der Waals surface area contributed by atoms with Gasteiger partial charge in [0.25, 0.3) is 0 Å². The predicted molar refractivity (Wildman–Crippen MR) is 69.8 cm³/mol. The Labute approximate surface area is 104 Å². The molecular formula is C14H23N3. The maximum Gasteiger partial charge on any atom is 0.131 e. The van der Waals surface area contributed by atoms with Crippen molar-refractivity contribution in [1.82, 2.24) is 9.97 Å². The van der Waals surface area contributed by atoms with Gasteiger partial charge in [-0.25, -0.2) is 9.97 Å². The highest BCUT2D eigenvalue weighted by Crippen LogP contribution is 2.34. The maximum absolute atomic E-state index is 5.81. The van der Waals surface area contributed by atoms with Crippen molar-refractivity contribution in [1.29, 1.82) is 0 Å². The third-order valence-electron chi connectivity index (χ3n) is 3.56. The van der Waals surface area contributed by atoms with E-state index in [-0.39, 0.29) is 6.04 Å². The van der Waals surface area contributed by atoms with Crippen molar-refractivity contribution in [3.8, 4) is 0 Å². The smallest absolute Gasteiger partial charge is 0.131 e. The van der Waals surface area contributed by atoms with E-state index in [1.54, 1.807) is 0 Å². The Bertz CT molecular complexity index is 362. The molecule has 0 radical (unpaired) electrons. The van der Waals surface area contributed by atoms with Gasteiger partial charge in [-0.15, -0.1) is 0 Å². The molecule has 2 N–H and O–H groups in total. The van der Waals surface area contributed by atoms with Crippen LogP contribution in [0.2, 0.25) is 0 Å². The molecule has 0 saturated heterocycles. The Hall–Kier alpha value is -0.960. The molecule has 1 aromatic rings. The highest BCUT2D eigenvalue weighted by molar-refractivity contribution is 5.07. The molecule has 1 aromatic heterocycles. The Morgan fingerprint density at radius 3 is 3.00 bits per heavy atom. The fourth-order valence-corrected chi connectivity index (χ4v) is 2.72. The molecule has 3 atom stereocenters. The second-order valence-corrected chi connectivity index (χ2v) is 5.56. The van der Waals surface area contributed by atoms with E-state index < -0.39 is 0 Å². The van der Waals surface area contributed by atoms with Crippen LogP contribution in [-0.2, 0) is 6.42 Å². The molecule has 17 heavy (non-hydrogen) atoms. The first-order valence-corrected chi connectivity index (χ1v) is 6.72. The molecule has 2 rings (SSSR count). The summed E-state index contributed by atoms with van der Waals surface area (Å²) in [7, 11) is 0. The third kappa shape index (κ3) is 3.50. The molecule has 0 amide bonds. The van der Waals surface area contributed by atoms with Gasteiger partial charge in [0, 0.05) is 30.3 Å². The zero-order valence-electron chi connectivity index (χ0n) is 10.9. The van der Waals surface area contributed by atoms with Crippen LogP contribution < -0.4 is 5.73 Å². The number of hydrogen-bond acceptors (Lipinski definition) is 3. The van der Waals surface area contributed by atoms with Crippen LogP contribution in [0.25, 0.3) is 0 Å². The number of aromatic nitrogens is 2. The van der Waals surface area contributed by atoms with Gasteiger partial charge in [0.1, 0.15) is 5.82 Å². The summed E-state index contributed by atoms with van der Waals surface area (Å²) >= 11 is 0. The standard InChI is InChI=1S/C14H23N3/c1-10-4-3-5-12(8-10)14-16-7-6-13(17-14)9-11(2)15/h6-7,10-12H,3-5,8-9,15H2,1-2H3. The fourth-order valence-electron chi connectivity index (χ4n) is 2.72. The quantitative estimate of drug-likeness (QED) is 0.873. The van der Waals surface area contributed by atoms with E-state index in [0.29, 0.717) is 5.92 Å². The molecule has 1 fully saturated rings. The van der Waals surface area contributed by atoms with Crippen LogP contribution in [-0.4, -0.2) is 16.0 Å². The van der Waals surface area contributed by atoms with Gasteiger partial charge in [-0.3, -0.25) is 0 Å². The van der Waals surface area contributed by atoms with Crippen molar-refractivity contribution in [2.45, 2.75) is 57.9 Å². The van der Waals surface area contributed by atoms with Gasteiger partial charge in [-0.2, -0.15) is 0 Å². The summed E-state index contributed by atoms with van der Waals surface area (Å²) in [6.07, 6.45) is 7.88. The molecule has 0 aliphatic heterocycles. The number of hydrogen-bond donors (Lipinski definition) is 1. The van der Waals surface area contributed by atoms with E-state index in [0.717, 1.165) is 23.9 Å². The average molecular weight is 233 g/mol. The largest absolute Gasteiger partial charge is 0.328 e. The molecule has 1 aliphatic rings. The summed E-state index contributed by atoms with van der Waals surface area (Å²) in [5.41, 5.74) is 6.90. The van der Waals surface area contributed by atoms with E-state index in [1.807, 2.05) is 19.2 Å². The van der Waals surface area contributed by atoms with E-state index >= 15 is 0 Å². The molecule has 3 heteroatoms. The van der Waals surface area contributed by atoms with Crippen molar-refractivity contribution < 1.29 is 0 Å². The lowest BCUT2D eigenvalue weighted by Gasteiger charge is -2.25. The van der Waals surface area contributed by atoms with Crippen molar-refractivity contribution in [2.24, 2.45) is 11.7 Å². The third-order valence-corrected chi connectivity index (χ3v) is 3.56. The van der Waals surface area contributed by atoms with Crippen molar-refractivity contribution in [2.75, 3.05) is 0 Å². The molecule has 1 aliphatic carbocycles. The molecule has 0 spiro atoms. The SMILES string of the molecule is CC(N)Cc1ccnc(C2CCCC(C)C2)n1. The lowest BCUT2D eigenvalue weighted by Crippen LogP contribution is -2.20. The van der Waals surface area contributed by atoms with Crippen molar-refractivity contribution in [3.63, 3.8) is 0 Å². The van der Waals surface area contributed by atoms with Crippen LogP contribution >= 0.6 is 0 Å². The lowest BCUT2D eigenvalue weighted by atomic mass is 9.82. The van der Waals surface area contributed by atoms with Gasteiger partial charge in [0.2, 0.25) is 0 Å². The zero-order valence-corrected chi connectivity index (χ0v) is 10.9. The van der Waals surface area contributed by atoms with Gasteiger partial charge in [-0.05, 0) is 31.7 Å². The topological polar surface area (TPSA) is 51.8 Å². The van der Waals surface area contributed by atoms with Crippen LogP contribution in [0.5, 0.6) is 0 Å². The van der Waals surface area contributed by atoms with Crippen LogP contribution in [0.4, 0.5) is 0 Å². The summed E-state index contributed by atoms with van der Waals surface area (Å²) in [6, 6.07) is 2.15. The first kappa shape index (κ1) is 12.5. The summed E-state index contributed by atoms with van der Waals surface area (Å²) in [5.74, 6) is 2.41. The van der Waals surface area contributed by atoms with E-state index in [1.165, 1.54) is 25.7 Å². The minimum absolute atomic E-state index is 0.169. The fraction of sp³-hybridized carbons (Fsp3) is 0.714. The number of rotatable bonds is 3. The van der Waals surface area contributed by atoms with Gasteiger partial charge in [0.05, 0.1) is 0 Å². The molecule has 0 aromatic carbocycles. The molecule has 0 bridgehead atoms. The normalized spacial score (nSPS) is 26.8. The molecular weight excluding hydrogens is 210 g/mol. The Balaban J connectivity index is 2.09. The molecule has 3 unspecified atom stereocenters. The van der Waals surface area contributed by atoms with Crippen LogP contribution in [0, 0.1) is 5.92 Å². The second-order valence-electron chi connectivity index (χ2n) is 5.56. The first-order valence-electron chi connectivity index (χ1n) is 6.72. The highest BCUT2D eigenvalue weighted by atomic mass is 14.9. The predicted octanol–water partition coefficient (Wildman–Crippen LogP) is 2.66. The van der Waals surface area contributed by atoms with Crippen LogP contribution in [0.1, 0.15) is 57.0 Å². The van der Waals surface area contributed by atoms with Gasteiger partial charge < -0.3 is 5.73 Å². The second kappa shape index (κ2) is 5.58. The summed E-state index contributed by atoms with van der Waals surface area (Å²) in [6.45, 7) is 4.35. The van der Waals surface area contributed by atoms with E-state index in [4.69, 9.17) is 5.73 Å². The summed E-state index contributed by atoms with van der Waals surface area (Å²) in [5, 5.41) is 0. The maximum atomic E-state index is 5.81. The number of nitrogens with two attached hydrogens (primary N) is 1. The van der Waals surface area contributed by atoms with Crippen LogP contribution in [0.3, 0.4) is 0 Å². The molecule has 94 valence electrons. The molecule has 3 nitrogen and oxygen atoms in total. The summed E-state index contributed by atoms with van der Waals surface area (Å²) < 4.78 is 0. The lowest BCUT2D eigenvalue weighted by molar-refractivity contribution is 0.334. The van der Waals surface area contributed by atoms with Gasteiger partial charge in [-0.1, -0.05) is 19.8 Å². The minimum Gasteiger partial charge on any atom is -0.328 e. The van der Waals surface area contributed by atoms with Gasteiger partial charge in [0.15, 0.2) is 0 Å². The van der Waals surface area contributed by atoms with Crippen LogP contribution in [0.15, 0.2) is 12.3 Å². The summed E-state index contributed by atoms with van der Waals surface area (Å²) in [4.78, 5) is 9.13. The zero-order chi connectivity index (χ0) is 12.3. The first-order chi connectivity index (χ1) is 8.15. The van der Waals surface area contributed by atoms with Crippen molar-refractivity contribution >= 4 is 0 Å². The highest BCUT2D eigenvalue weighted by Gasteiger charge is 2.22. The Morgan fingerprint density at radius 2 is 2.29 bits per heavy atom. The van der Waals surface area contributed by atoms with Crippen molar-refractivity contribution in [3.05, 3.63) is 23.8 Å². The Kier molecular flexibility index (Phi) is 4.11. The minimum atomic E-state index is 0.169. The molecule has 1 saturated carbocycles. The van der Waals surface area contributed by atoms with E-state index in [2.05, 4.69) is 16.9 Å². The molecule has 1 heterocycles. The average Bonchev–Trinajstić information content (AvgIpc) is 2.28. The Morgan fingerprint density at radius 1 is 1.47 bits per heavy atom. The van der Waals surface area contributed by atoms with Gasteiger partial charge >= 0.3 is 0 Å². The number of nitrogens with zero attached hydrogens (tertiary/aromatic N) is 2.